The summed E-state index contributed by atoms with van der Waals surface area (Å²) in [6.07, 6.45) is 0. The molecule has 0 radical (unpaired) electrons. The van der Waals surface area contributed by atoms with Crippen molar-refractivity contribution in [3.8, 4) is 23.3 Å². The summed E-state index contributed by atoms with van der Waals surface area (Å²) in [4.78, 5) is 11.7. The number of amides is 2. The van der Waals surface area contributed by atoms with Gasteiger partial charge in [0, 0.05) is 11.0 Å². The SMILES string of the molecule is COc1ccc(CNC(=O)NCC#CCOc2cccc(Br)c2)cc1. The summed E-state index contributed by atoms with van der Waals surface area (Å²) in [5, 5.41) is 5.44. The number of halogens is 1. The lowest BCUT2D eigenvalue weighted by Crippen LogP contribution is -2.35. The molecule has 2 amide bonds. The minimum atomic E-state index is -0.266. The first kappa shape index (κ1) is 18.7. The fraction of sp³-hybridized carbons (Fsp3) is 0.211. The number of carbonyl (C=O) groups is 1. The second kappa shape index (κ2) is 10.3. The van der Waals surface area contributed by atoms with Crippen LogP contribution in [-0.4, -0.2) is 26.3 Å². The third-order valence-electron chi connectivity index (χ3n) is 3.18. The molecule has 6 heteroatoms. The Labute approximate surface area is 155 Å². The number of rotatable bonds is 6. The Morgan fingerprint density at radius 1 is 1.08 bits per heavy atom. The molecule has 0 aromatic heterocycles. The maximum Gasteiger partial charge on any atom is 0.315 e. The second-order valence-corrected chi connectivity index (χ2v) is 5.90. The molecule has 0 saturated heterocycles. The highest BCUT2D eigenvalue weighted by Crippen LogP contribution is 2.17. The van der Waals surface area contributed by atoms with Crippen molar-refractivity contribution >= 4 is 22.0 Å². The first-order valence-electron chi connectivity index (χ1n) is 7.66. The smallest absolute Gasteiger partial charge is 0.315 e. The lowest BCUT2D eigenvalue weighted by Gasteiger charge is -2.06. The molecule has 0 bridgehead atoms. The van der Waals surface area contributed by atoms with Gasteiger partial charge < -0.3 is 20.1 Å². The van der Waals surface area contributed by atoms with E-state index in [1.54, 1.807) is 7.11 Å². The van der Waals surface area contributed by atoms with E-state index >= 15 is 0 Å². The largest absolute Gasteiger partial charge is 0.497 e. The van der Waals surface area contributed by atoms with E-state index in [2.05, 4.69) is 38.4 Å². The summed E-state index contributed by atoms with van der Waals surface area (Å²) in [5.74, 6) is 7.22. The van der Waals surface area contributed by atoms with Gasteiger partial charge >= 0.3 is 6.03 Å². The van der Waals surface area contributed by atoms with Gasteiger partial charge in [-0.05, 0) is 35.9 Å². The molecule has 0 aliphatic heterocycles. The molecule has 0 spiro atoms. The van der Waals surface area contributed by atoms with Crippen molar-refractivity contribution in [1.82, 2.24) is 10.6 Å². The van der Waals surface area contributed by atoms with Crippen LogP contribution >= 0.6 is 15.9 Å². The van der Waals surface area contributed by atoms with Crippen molar-refractivity contribution < 1.29 is 14.3 Å². The number of urea groups is 1. The van der Waals surface area contributed by atoms with Gasteiger partial charge in [0.25, 0.3) is 0 Å². The Balaban J connectivity index is 1.62. The average molecular weight is 403 g/mol. The molecule has 5 nitrogen and oxygen atoms in total. The van der Waals surface area contributed by atoms with Gasteiger partial charge in [-0.3, -0.25) is 0 Å². The van der Waals surface area contributed by atoms with Crippen molar-refractivity contribution in [2.24, 2.45) is 0 Å². The van der Waals surface area contributed by atoms with Gasteiger partial charge in [0.05, 0.1) is 13.7 Å². The number of benzene rings is 2. The predicted molar refractivity (Wildman–Crippen MR) is 101 cm³/mol. The lowest BCUT2D eigenvalue weighted by molar-refractivity contribution is 0.241. The van der Waals surface area contributed by atoms with Crippen LogP contribution in [0.25, 0.3) is 0 Å². The quantitative estimate of drug-likeness (QED) is 0.728. The number of methoxy groups -OCH3 is 1. The molecule has 2 N–H and O–H groups in total. The molecule has 2 aromatic carbocycles. The van der Waals surface area contributed by atoms with E-state index in [0.29, 0.717) is 6.54 Å². The Hall–Kier alpha value is -2.65. The molecule has 0 saturated carbocycles. The standard InChI is InChI=1S/C19H19BrN2O3/c1-24-17-9-7-15(8-10-17)14-22-19(23)21-11-2-3-12-25-18-6-4-5-16(20)13-18/h4-10,13H,11-12,14H2,1H3,(H2,21,22,23). The van der Waals surface area contributed by atoms with E-state index in [1.165, 1.54) is 0 Å². The molecule has 0 unspecified atom stereocenters. The topological polar surface area (TPSA) is 59.6 Å². The van der Waals surface area contributed by atoms with Crippen LogP contribution in [0.4, 0.5) is 4.79 Å². The minimum Gasteiger partial charge on any atom is -0.497 e. The maximum atomic E-state index is 11.7. The van der Waals surface area contributed by atoms with E-state index in [4.69, 9.17) is 9.47 Å². The predicted octanol–water partition coefficient (Wildman–Crippen LogP) is 3.34. The summed E-state index contributed by atoms with van der Waals surface area (Å²) in [7, 11) is 1.62. The number of hydrogen-bond donors (Lipinski definition) is 2. The summed E-state index contributed by atoms with van der Waals surface area (Å²) in [6, 6.07) is 14.8. The van der Waals surface area contributed by atoms with E-state index < -0.39 is 0 Å². The lowest BCUT2D eigenvalue weighted by atomic mass is 10.2. The number of carbonyl (C=O) groups excluding carboxylic acids is 1. The molecular formula is C19H19BrN2O3. The van der Waals surface area contributed by atoms with Gasteiger partial charge in [0.1, 0.15) is 18.1 Å². The number of hydrogen-bond acceptors (Lipinski definition) is 3. The van der Waals surface area contributed by atoms with Gasteiger partial charge in [-0.1, -0.05) is 46.0 Å². The Morgan fingerprint density at radius 3 is 2.60 bits per heavy atom. The van der Waals surface area contributed by atoms with Crippen molar-refractivity contribution in [3.05, 3.63) is 58.6 Å². The number of nitrogens with one attached hydrogen (secondary N) is 2. The van der Waals surface area contributed by atoms with Crippen LogP contribution < -0.4 is 20.1 Å². The summed E-state index contributed by atoms with van der Waals surface area (Å²) >= 11 is 3.37. The summed E-state index contributed by atoms with van der Waals surface area (Å²) < 4.78 is 11.5. The van der Waals surface area contributed by atoms with Crippen LogP contribution in [0.5, 0.6) is 11.5 Å². The highest BCUT2D eigenvalue weighted by Gasteiger charge is 1.99. The highest BCUT2D eigenvalue weighted by atomic mass is 79.9. The zero-order chi connectivity index (χ0) is 17.9. The van der Waals surface area contributed by atoms with Crippen molar-refractivity contribution in [2.45, 2.75) is 6.54 Å². The van der Waals surface area contributed by atoms with Gasteiger partial charge in [-0.15, -0.1) is 0 Å². The monoisotopic (exact) mass is 402 g/mol. The van der Waals surface area contributed by atoms with Crippen LogP contribution in [0.15, 0.2) is 53.0 Å². The first-order chi connectivity index (χ1) is 12.2. The molecule has 130 valence electrons. The van der Waals surface area contributed by atoms with Gasteiger partial charge in [-0.2, -0.15) is 0 Å². The van der Waals surface area contributed by atoms with E-state index in [-0.39, 0.29) is 19.2 Å². The highest BCUT2D eigenvalue weighted by molar-refractivity contribution is 9.10. The maximum absolute atomic E-state index is 11.7. The zero-order valence-corrected chi connectivity index (χ0v) is 15.4. The van der Waals surface area contributed by atoms with Crippen LogP contribution in [0.1, 0.15) is 5.56 Å². The molecular weight excluding hydrogens is 384 g/mol. The zero-order valence-electron chi connectivity index (χ0n) is 13.8. The molecule has 0 atom stereocenters. The van der Waals surface area contributed by atoms with Crippen LogP contribution in [0, 0.1) is 11.8 Å². The third-order valence-corrected chi connectivity index (χ3v) is 3.67. The molecule has 25 heavy (non-hydrogen) atoms. The van der Waals surface area contributed by atoms with Crippen LogP contribution in [0.2, 0.25) is 0 Å². The average Bonchev–Trinajstić information content (AvgIpc) is 2.63. The van der Waals surface area contributed by atoms with Crippen molar-refractivity contribution in [2.75, 3.05) is 20.3 Å². The number of ether oxygens (including phenoxy) is 2. The second-order valence-electron chi connectivity index (χ2n) is 4.98. The van der Waals surface area contributed by atoms with E-state index in [0.717, 1.165) is 21.5 Å². The Morgan fingerprint density at radius 2 is 1.88 bits per heavy atom. The van der Waals surface area contributed by atoms with Crippen LogP contribution in [-0.2, 0) is 6.54 Å². The third kappa shape index (κ3) is 7.19. The van der Waals surface area contributed by atoms with Crippen molar-refractivity contribution in [1.29, 1.82) is 0 Å². The molecule has 0 heterocycles. The Kier molecular flexibility index (Phi) is 7.67. The summed E-state index contributed by atoms with van der Waals surface area (Å²) in [6.45, 7) is 0.969. The molecule has 0 aliphatic rings. The van der Waals surface area contributed by atoms with E-state index in [1.807, 2.05) is 48.5 Å². The normalized spacial score (nSPS) is 9.52. The molecule has 2 aromatic rings. The van der Waals surface area contributed by atoms with Crippen molar-refractivity contribution in [3.63, 3.8) is 0 Å². The first-order valence-corrected chi connectivity index (χ1v) is 8.45. The van der Waals surface area contributed by atoms with Crippen LogP contribution in [0.3, 0.4) is 0 Å². The van der Waals surface area contributed by atoms with Gasteiger partial charge in [0.15, 0.2) is 0 Å². The summed E-state index contributed by atoms with van der Waals surface area (Å²) in [5.41, 5.74) is 0.990. The molecule has 0 aliphatic carbocycles. The fourth-order valence-corrected chi connectivity index (χ4v) is 2.28. The molecule has 0 fully saturated rings. The Bertz CT molecular complexity index is 751. The molecule has 2 rings (SSSR count). The minimum absolute atomic E-state index is 0.260. The van der Waals surface area contributed by atoms with Gasteiger partial charge in [-0.25, -0.2) is 4.79 Å². The fourth-order valence-electron chi connectivity index (χ4n) is 1.90. The van der Waals surface area contributed by atoms with Gasteiger partial charge in [0.2, 0.25) is 0 Å². The van der Waals surface area contributed by atoms with E-state index in [9.17, 15) is 4.79 Å².